The Morgan fingerprint density at radius 3 is 2.67 bits per heavy atom. The Hall–Kier alpha value is -0.530. The molecule has 0 aromatic heterocycles. The summed E-state index contributed by atoms with van der Waals surface area (Å²) < 4.78 is 0. The molecule has 0 spiro atoms. The van der Waals surface area contributed by atoms with Crippen molar-refractivity contribution in [3.63, 3.8) is 0 Å². The topological polar surface area (TPSA) is 43.1 Å². The zero-order valence-electron chi connectivity index (χ0n) is 7.62. The van der Waals surface area contributed by atoms with E-state index < -0.39 is 0 Å². The number of rotatable bonds is 1. The van der Waals surface area contributed by atoms with E-state index >= 15 is 0 Å². The first kappa shape index (κ1) is 8.09. The largest absolute Gasteiger partial charge is 0.369 e. The van der Waals surface area contributed by atoms with Crippen molar-refractivity contribution in [1.29, 1.82) is 0 Å². The van der Waals surface area contributed by atoms with Crippen molar-refractivity contribution in [2.24, 2.45) is 29.4 Å². The van der Waals surface area contributed by atoms with Crippen molar-refractivity contribution in [3.8, 4) is 0 Å². The molecule has 2 N–H and O–H groups in total. The van der Waals surface area contributed by atoms with Gasteiger partial charge in [-0.2, -0.15) is 0 Å². The van der Waals surface area contributed by atoms with Gasteiger partial charge in [0, 0.05) is 5.92 Å². The highest BCUT2D eigenvalue weighted by molar-refractivity contribution is 5.77. The van der Waals surface area contributed by atoms with E-state index in [0.717, 1.165) is 18.3 Å². The summed E-state index contributed by atoms with van der Waals surface area (Å²) in [5.41, 5.74) is 5.38. The third kappa shape index (κ3) is 1.05. The second kappa shape index (κ2) is 2.75. The highest BCUT2D eigenvalue weighted by atomic mass is 16.1. The van der Waals surface area contributed by atoms with Gasteiger partial charge in [0.05, 0.1) is 0 Å². The van der Waals surface area contributed by atoms with E-state index in [1.54, 1.807) is 0 Å². The summed E-state index contributed by atoms with van der Waals surface area (Å²) >= 11 is 0. The van der Waals surface area contributed by atoms with Crippen molar-refractivity contribution in [2.45, 2.75) is 32.6 Å². The first-order valence-electron chi connectivity index (χ1n) is 4.99. The lowest BCUT2D eigenvalue weighted by Crippen LogP contribution is -2.26. The third-order valence-electron chi connectivity index (χ3n) is 3.86. The van der Waals surface area contributed by atoms with Crippen molar-refractivity contribution in [2.75, 3.05) is 0 Å². The molecule has 2 aliphatic rings. The van der Waals surface area contributed by atoms with Crippen LogP contribution in [0.1, 0.15) is 32.6 Å². The van der Waals surface area contributed by atoms with Gasteiger partial charge in [0.15, 0.2) is 0 Å². The Balaban J connectivity index is 2.14. The zero-order valence-corrected chi connectivity index (χ0v) is 7.62. The lowest BCUT2D eigenvalue weighted by atomic mass is 9.90. The first-order valence-corrected chi connectivity index (χ1v) is 4.99. The van der Waals surface area contributed by atoms with Crippen LogP contribution >= 0.6 is 0 Å². The van der Waals surface area contributed by atoms with E-state index in [0.29, 0.717) is 5.92 Å². The molecular weight excluding hydrogens is 150 g/mol. The Morgan fingerprint density at radius 2 is 2.00 bits per heavy atom. The molecule has 0 heterocycles. The molecule has 12 heavy (non-hydrogen) atoms. The lowest BCUT2D eigenvalue weighted by molar-refractivity contribution is -0.122. The second-order valence-electron chi connectivity index (χ2n) is 4.48. The van der Waals surface area contributed by atoms with Crippen LogP contribution in [-0.4, -0.2) is 5.91 Å². The monoisotopic (exact) mass is 167 g/mol. The summed E-state index contributed by atoms with van der Waals surface area (Å²) in [5, 5.41) is 0. The van der Waals surface area contributed by atoms with Gasteiger partial charge in [-0.25, -0.2) is 0 Å². The van der Waals surface area contributed by atoms with Crippen molar-refractivity contribution in [3.05, 3.63) is 0 Å². The fourth-order valence-electron chi connectivity index (χ4n) is 3.30. The minimum Gasteiger partial charge on any atom is -0.369 e. The zero-order chi connectivity index (χ0) is 8.72. The maximum atomic E-state index is 11.1. The normalized spacial score (nSPS) is 46.1. The number of nitrogens with two attached hydrogens (primary N) is 1. The van der Waals surface area contributed by atoms with E-state index in [1.807, 2.05) is 0 Å². The highest BCUT2D eigenvalue weighted by Crippen LogP contribution is 2.50. The van der Waals surface area contributed by atoms with Crippen LogP contribution < -0.4 is 5.73 Å². The van der Waals surface area contributed by atoms with Gasteiger partial charge < -0.3 is 5.73 Å². The third-order valence-corrected chi connectivity index (χ3v) is 3.86. The summed E-state index contributed by atoms with van der Waals surface area (Å²) in [4.78, 5) is 11.1. The van der Waals surface area contributed by atoms with Gasteiger partial charge in [0.2, 0.25) is 5.91 Å². The standard InChI is InChI=1S/C10H17NO/c1-6-5-9(10(11)12)8-4-2-3-7(6)8/h6-9H,2-5H2,1H3,(H2,11,12). The molecule has 0 aliphatic heterocycles. The van der Waals surface area contributed by atoms with Crippen LogP contribution in [0.4, 0.5) is 0 Å². The Kier molecular flexibility index (Phi) is 1.85. The molecule has 2 fully saturated rings. The molecule has 1 amide bonds. The Labute approximate surface area is 73.5 Å². The Morgan fingerprint density at radius 1 is 1.33 bits per heavy atom. The molecule has 0 radical (unpaired) electrons. The maximum absolute atomic E-state index is 11.1. The van der Waals surface area contributed by atoms with Crippen molar-refractivity contribution < 1.29 is 4.79 Å². The number of fused-ring (bicyclic) bond motifs is 1. The summed E-state index contributed by atoms with van der Waals surface area (Å²) in [7, 11) is 0. The minimum atomic E-state index is -0.0590. The first-order chi connectivity index (χ1) is 5.70. The van der Waals surface area contributed by atoms with Gasteiger partial charge in [-0.15, -0.1) is 0 Å². The molecule has 0 aromatic rings. The summed E-state index contributed by atoms with van der Waals surface area (Å²) in [6.45, 7) is 2.27. The average molecular weight is 167 g/mol. The lowest BCUT2D eigenvalue weighted by Gasteiger charge is -2.14. The number of primary amides is 1. The van der Waals surface area contributed by atoms with Crippen LogP contribution in [0.25, 0.3) is 0 Å². The molecule has 2 nitrogen and oxygen atoms in total. The van der Waals surface area contributed by atoms with Crippen molar-refractivity contribution in [1.82, 2.24) is 0 Å². The highest BCUT2D eigenvalue weighted by Gasteiger charge is 2.45. The smallest absolute Gasteiger partial charge is 0.220 e. The fourth-order valence-corrected chi connectivity index (χ4v) is 3.30. The molecule has 2 heteroatoms. The predicted octanol–water partition coefficient (Wildman–Crippen LogP) is 1.54. The molecular formula is C10H17NO. The van der Waals surface area contributed by atoms with Crippen LogP contribution in [-0.2, 0) is 4.79 Å². The van der Waals surface area contributed by atoms with Crippen LogP contribution in [0.3, 0.4) is 0 Å². The molecule has 2 saturated carbocycles. The van der Waals surface area contributed by atoms with E-state index in [2.05, 4.69) is 6.92 Å². The fraction of sp³-hybridized carbons (Fsp3) is 0.900. The SMILES string of the molecule is CC1CC(C(N)=O)C2CCCC12. The maximum Gasteiger partial charge on any atom is 0.220 e. The summed E-state index contributed by atoms with van der Waals surface area (Å²) in [6.07, 6.45) is 4.92. The molecule has 0 aromatic carbocycles. The van der Waals surface area contributed by atoms with Crippen LogP contribution in [0.2, 0.25) is 0 Å². The Bertz CT molecular complexity index is 202. The molecule has 0 bridgehead atoms. The van der Waals surface area contributed by atoms with Gasteiger partial charge in [0.25, 0.3) is 0 Å². The molecule has 2 aliphatic carbocycles. The predicted molar refractivity (Wildman–Crippen MR) is 47.3 cm³/mol. The van der Waals surface area contributed by atoms with Crippen LogP contribution in [0.5, 0.6) is 0 Å². The number of carbonyl (C=O) groups excluding carboxylic acids is 1. The van der Waals surface area contributed by atoms with Crippen LogP contribution in [0.15, 0.2) is 0 Å². The number of hydrogen-bond acceptors (Lipinski definition) is 1. The van der Waals surface area contributed by atoms with E-state index in [9.17, 15) is 4.79 Å². The van der Waals surface area contributed by atoms with E-state index in [1.165, 1.54) is 19.3 Å². The van der Waals surface area contributed by atoms with Gasteiger partial charge >= 0.3 is 0 Å². The second-order valence-corrected chi connectivity index (χ2v) is 4.48. The molecule has 4 unspecified atom stereocenters. The van der Waals surface area contributed by atoms with Crippen molar-refractivity contribution >= 4 is 5.91 Å². The number of amides is 1. The minimum absolute atomic E-state index is 0.0590. The molecule has 0 saturated heterocycles. The summed E-state index contributed by atoms with van der Waals surface area (Å²) in [6, 6.07) is 0. The quantitative estimate of drug-likeness (QED) is 0.632. The average Bonchev–Trinajstić information content (AvgIpc) is 2.53. The molecule has 4 atom stereocenters. The van der Waals surface area contributed by atoms with Gasteiger partial charge in [-0.3, -0.25) is 4.79 Å². The van der Waals surface area contributed by atoms with Gasteiger partial charge in [0.1, 0.15) is 0 Å². The molecule has 68 valence electrons. The van der Waals surface area contributed by atoms with Gasteiger partial charge in [-0.05, 0) is 37.0 Å². The molecule has 2 rings (SSSR count). The number of carbonyl (C=O) groups is 1. The summed E-state index contributed by atoms with van der Waals surface area (Å²) in [5.74, 6) is 2.32. The van der Waals surface area contributed by atoms with Crippen LogP contribution in [0, 0.1) is 23.7 Å². The van der Waals surface area contributed by atoms with Gasteiger partial charge in [-0.1, -0.05) is 13.3 Å². The van der Waals surface area contributed by atoms with E-state index in [-0.39, 0.29) is 11.8 Å². The number of hydrogen-bond donors (Lipinski definition) is 1. The van der Waals surface area contributed by atoms with E-state index in [4.69, 9.17) is 5.73 Å².